The molecule has 1 saturated carbocycles. The van der Waals surface area contributed by atoms with Crippen LogP contribution in [0, 0.1) is 19.3 Å². The average Bonchev–Trinajstić information content (AvgIpc) is 4.13. The molecule has 3 atom stereocenters. The van der Waals surface area contributed by atoms with Gasteiger partial charge in [-0.25, -0.2) is 24.7 Å². The van der Waals surface area contributed by atoms with Gasteiger partial charge in [0.2, 0.25) is 23.7 Å². The molecule has 1 aliphatic heterocycles. The first-order valence-corrected chi connectivity index (χ1v) is 27.1. The monoisotopic (exact) mass is 1070 g/mol. The molecule has 0 unspecified atom stereocenters. The molecular weight excluding hydrogens is 1010 g/mol. The number of nitrogens with one attached hydrogen (secondary N) is 4. The summed E-state index contributed by atoms with van der Waals surface area (Å²) in [4.78, 5) is 95.1. The molecule has 20 nitrogen and oxygen atoms in total. The number of anilines is 3. The molecule has 1 saturated heterocycles. The fourth-order valence-corrected chi connectivity index (χ4v) is 10.8. The van der Waals surface area contributed by atoms with Crippen LogP contribution in [0.25, 0.3) is 31.8 Å². The number of aliphatic hydroxyl groups excluding tert-OH is 1. The number of aryl methyl sites for hydroxylation is 2. The lowest BCUT2D eigenvalue weighted by molar-refractivity contribution is -0.144. The van der Waals surface area contributed by atoms with Gasteiger partial charge in [0.05, 0.1) is 62.7 Å². The van der Waals surface area contributed by atoms with E-state index in [9.17, 15) is 29.1 Å². The lowest BCUT2D eigenvalue weighted by Crippen LogP contribution is -2.58. The molecule has 4 aromatic heterocycles. The van der Waals surface area contributed by atoms with Crippen LogP contribution in [0.1, 0.15) is 76.2 Å². The molecular formula is C54H66N12O8S2. The Labute approximate surface area is 450 Å². The summed E-state index contributed by atoms with van der Waals surface area (Å²) in [6, 6.07) is 13.6. The maximum Gasteiger partial charge on any atom is 0.411 e. The Morgan fingerprint density at radius 3 is 2.30 bits per heavy atom. The Hall–Kier alpha value is -7.14. The van der Waals surface area contributed by atoms with Crippen molar-refractivity contribution in [2.45, 2.75) is 104 Å². The van der Waals surface area contributed by atoms with Gasteiger partial charge in [-0.05, 0) is 86.9 Å². The van der Waals surface area contributed by atoms with Gasteiger partial charge in [-0.1, -0.05) is 68.9 Å². The highest BCUT2D eigenvalue weighted by Gasteiger charge is 2.44. The second-order valence-corrected chi connectivity index (χ2v) is 22.4. The van der Waals surface area contributed by atoms with Crippen LogP contribution in [-0.2, 0) is 30.5 Å². The van der Waals surface area contributed by atoms with E-state index in [1.54, 1.807) is 23.0 Å². The Morgan fingerprint density at radius 2 is 1.59 bits per heavy atom. The minimum Gasteiger partial charge on any atom is -0.481 e. The fraction of sp³-hybridized carbons (Fsp3) is 0.444. The van der Waals surface area contributed by atoms with E-state index in [4.69, 9.17) is 9.47 Å². The van der Waals surface area contributed by atoms with Crippen molar-refractivity contribution in [3.8, 4) is 27.3 Å². The van der Waals surface area contributed by atoms with Crippen molar-refractivity contribution in [2.75, 3.05) is 62.4 Å². The lowest BCUT2D eigenvalue weighted by Gasteiger charge is -2.35. The first kappa shape index (κ1) is 55.1. The fourth-order valence-electron chi connectivity index (χ4n) is 9.07. The van der Waals surface area contributed by atoms with Crippen LogP contribution in [0.5, 0.6) is 5.75 Å². The predicted octanol–water partition coefficient (Wildman–Crippen LogP) is 6.96. The quantitative estimate of drug-likeness (QED) is 0.0550. The molecule has 76 heavy (non-hydrogen) atoms. The minimum atomic E-state index is -1.03. The maximum atomic E-state index is 14.1. The van der Waals surface area contributed by atoms with E-state index in [0.717, 1.165) is 68.7 Å². The summed E-state index contributed by atoms with van der Waals surface area (Å²) in [5.41, 5.74) is 7.63. The average molecular weight is 1080 g/mol. The number of rotatable bonds is 19. The third kappa shape index (κ3) is 14.4. The number of aromatic nitrogens is 5. The van der Waals surface area contributed by atoms with E-state index in [1.165, 1.54) is 35.1 Å². The number of aliphatic hydroxyl groups is 1. The largest absolute Gasteiger partial charge is 0.481 e. The van der Waals surface area contributed by atoms with Crippen LogP contribution in [0.15, 0.2) is 72.6 Å². The van der Waals surface area contributed by atoms with Gasteiger partial charge in [-0.15, -0.1) is 11.3 Å². The number of benzene rings is 2. The lowest BCUT2D eigenvalue weighted by atomic mass is 9.85. The number of likely N-dealkylation sites (tertiary alicyclic amines) is 1. The third-order valence-electron chi connectivity index (χ3n) is 13.4. The van der Waals surface area contributed by atoms with Gasteiger partial charge >= 0.3 is 6.09 Å². The Kier molecular flexibility index (Phi) is 17.9. The molecule has 6 aromatic rings. The SMILES string of the molecule is Cc1ncc(-c2ccc3nc(NC(=O)CN(C)CCN(C)c4ncc(OCC(=O)N[C@H](C(=O)N5C[C@H](O)C[C@H]5C(=O)NCc5ccc(-c6scnc6C)cc5)C(C)(C)C)cn4)sc3c2)cc1NC(=O)OC1CCCCC1. The molecule has 402 valence electrons. The number of carbonyl (C=O) groups is 5. The van der Waals surface area contributed by atoms with Crippen LogP contribution in [-0.4, -0.2) is 141 Å². The Balaban J connectivity index is 0.765. The third-order valence-corrected chi connectivity index (χ3v) is 15.3. The van der Waals surface area contributed by atoms with Gasteiger partial charge in [0.25, 0.3) is 5.91 Å². The van der Waals surface area contributed by atoms with Crippen LogP contribution in [0.2, 0.25) is 0 Å². The van der Waals surface area contributed by atoms with Crippen LogP contribution in [0.3, 0.4) is 0 Å². The molecule has 0 bridgehead atoms. The van der Waals surface area contributed by atoms with Gasteiger partial charge in [-0.2, -0.15) is 0 Å². The van der Waals surface area contributed by atoms with E-state index in [1.807, 2.05) is 107 Å². The number of pyridine rings is 1. The van der Waals surface area contributed by atoms with Gasteiger partial charge in [0.15, 0.2) is 17.5 Å². The van der Waals surface area contributed by atoms with Gasteiger partial charge in [-0.3, -0.25) is 34.4 Å². The van der Waals surface area contributed by atoms with Crippen molar-refractivity contribution in [3.63, 3.8) is 0 Å². The van der Waals surface area contributed by atoms with Gasteiger partial charge in [0.1, 0.15) is 18.2 Å². The molecule has 8 rings (SSSR count). The van der Waals surface area contributed by atoms with E-state index >= 15 is 0 Å². The summed E-state index contributed by atoms with van der Waals surface area (Å²) in [6.07, 6.45) is 8.38. The van der Waals surface area contributed by atoms with Gasteiger partial charge in [0, 0.05) is 51.4 Å². The van der Waals surface area contributed by atoms with Crippen molar-refractivity contribution in [1.82, 2.24) is 45.4 Å². The van der Waals surface area contributed by atoms with Crippen LogP contribution >= 0.6 is 22.7 Å². The molecule has 5 N–H and O–H groups in total. The predicted molar refractivity (Wildman–Crippen MR) is 293 cm³/mol. The summed E-state index contributed by atoms with van der Waals surface area (Å²) in [7, 11) is 3.66. The molecule has 2 fully saturated rings. The number of thiazole rings is 2. The molecule has 5 amide bonds. The number of amides is 5. The van der Waals surface area contributed by atoms with Crippen molar-refractivity contribution in [1.29, 1.82) is 0 Å². The summed E-state index contributed by atoms with van der Waals surface area (Å²) >= 11 is 2.93. The number of hydrogen-bond acceptors (Lipinski definition) is 17. The highest BCUT2D eigenvalue weighted by molar-refractivity contribution is 7.22. The molecule has 0 spiro atoms. The number of fused-ring (bicyclic) bond motifs is 1. The molecule has 22 heteroatoms. The minimum absolute atomic E-state index is 0.0481. The standard InChI is InChI=1S/C54H66N12O8S2/c1-32-42(61-53(72)74-39-11-9-8-10-12-39)21-37(25-55-32)36-17-18-41-44(22-36)76-52(60-41)63-45(68)29-64(6)19-20-65(7)51-57-26-40(27-58-51)73-30-46(69)62-48(54(3,4)5)50(71)66-28-38(67)23-43(66)49(70)56-24-34-13-15-35(16-14-34)47-33(2)59-31-75-47/h13-18,21-22,25-27,31,38-39,43,48,67H,8-12,19-20,23-24,28-30H2,1-7H3,(H,56,70)(H,61,72)(H,62,69)(H,60,63,68)/t38-,43+,48-/m1/s1. The highest BCUT2D eigenvalue weighted by Crippen LogP contribution is 2.33. The summed E-state index contributed by atoms with van der Waals surface area (Å²) in [5, 5.41) is 22.6. The number of likely N-dealkylation sites (N-methyl/N-ethyl adjacent to an activating group) is 2. The Morgan fingerprint density at radius 1 is 0.855 bits per heavy atom. The summed E-state index contributed by atoms with van der Waals surface area (Å²) in [5.74, 6) is -1.02. The zero-order chi connectivity index (χ0) is 54.1. The zero-order valence-electron chi connectivity index (χ0n) is 43.9. The highest BCUT2D eigenvalue weighted by atomic mass is 32.1. The molecule has 2 aliphatic rings. The molecule has 1 aliphatic carbocycles. The van der Waals surface area contributed by atoms with Crippen molar-refractivity contribution in [2.24, 2.45) is 5.41 Å². The first-order chi connectivity index (χ1) is 36.4. The number of ether oxygens (including phenoxy) is 2. The van der Waals surface area contributed by atoms with Crippen molar-refractivity contribution in [3.05, 3.63) is 89.6 Å². The summed E-state index contributed by atoms with van der Waals surface area (Å²) in [6.45, 7) is 10.1. The molecule has 5 heterocycles. The normalized spacial score (nSPS) is 16.3. The van der Waals surface area contributed by atoms with Crippen molar-refractivity contribution < 1.29 is 38.6 Å². The molecule has 0 radical (unpaired) electrons. The number of nitrogens with zero attached hydrogens (tertiary/aromatic N) is 8. The van der Waals surface area contributed by atoms with Crippen LogP contribution in [0.4, 0.5) is 21.6 Å². The maximum absolute atomic E-state index is 14.1. The number of β-amino-alcohol motifs (C(OH)–C–C–N with tert-alkyl or cyclic N) is 1. The number of carbonyl (C=O) groups excluding carboxylic acids is 5. The number of hydrogen-bond donors (Lipinski definition) is 5. The Bertz CT molecular complexity index is 3010. The first-order valence-electron chi connectivity index (χ1n) is 25.4. The van der Waals surface area contributed by atoms with E-state index in [0.29, 0.717) is 35.6 Å². The molecule has 2 aromatic carbocycles. The van der Waals surface area contributed by atoms with E-state index < -0.39 is 54.0 Å². The zero-order valence-corrected chi connectivity index (χ0v) is 45.6. The smallest absolute Gasteiger partial charge is 0.411 e. The topological polar surface area (TPSA) is 246 Å². The summed E-state index contributed by atoms with van der Waals surface area (Å²) < 4.78 is 12.3. The van der Waals surface area contributed by atoms with Gasteiger partial charge < -0.3 is 40.3 Å². The van der Waals surface area contributed by atoms with E-state index in [-0.39, 0.29) is 43.8 Å². The second-order valence-electron chi connectivity index (χ2n) is 20.5. The van der Waals surface area contributed by atoms with Crippen molar-refractivity contribution >= 4 is 79.4 Å². The van der Waals surface area contributed by atoms with Crippen LogP contribution < -0.4 is 30.9 Å². The van der Waals surface area contributed by atoms with E-state index in [2.05, 4.69) is 46.2 Å². The second kappa shape index (κ2) is 24.7.